The van der Waals surface area contributed by atoms with Gasteiger partial charge in [0.15, 0.2) is 0 Å². The Bertz CT molecular complexity index is 889. The molecule has 2 amide bonds. The topological polar surface area (TPSA) is 52.7 Å². The van der Waals surface area contributed by atoms with Crippen LogP contribution in [0.1, 0.15) is 53.2 Å². The lowest BCUT2D eigenvalue weighted by atomic mass is 10.00. The summed E-state index contributed by atoms with van der Waals surface area (Å²) >= 11 is 0. The number of rotatable bonds is 6. The Labute approximate surface area is 172 Å². The van der Waals surface area contributed by atoms with Gasteiger partial charge in [-0.15, -0.1) is 0 Å². The van der Waals surface area contributed by atoms with E-state index in [2.05, 4.69) is 41.4 Å². The second kappa shape index (κ2) is 8.78. The molecule has 5 nitrogen and oxygen atoms in total. The van der Waals surface area contributed by atoms with Crippen LogP contribution in [0.25, 0.3) is 0 Å². The van der Waals surface area contributed by atoms with Crippen LogP contribution in [0, 0.1) is 6.92 Å². The van der Waals surface area contributed by atoms with Gasteiger partial charge in [0, 0.05) is 30.8 Å². The van der Waals surface area contributed by atoms with Crippen molar-refractivity contribution in [2.75, 3.05) is 31.1 Å². The molecular weight excluding hydrogens is 362 g/mol. The first-order chi connectivity index (χ1) is 14.1. The highest BCUT2D eigenvalue weighted by Crippen LogP contribution is 2.27. The van der Waals surface area contributed by atoms with Crippen molar-refractivity contribution < 1.29 is 9.59 Å². The standard InChI is InChI=1S/C24H29N3O2/c1-18-8-2-3-11-21(18)22(26-13-4-5-14-26)17-25-24(29)19-9-6-10-20(16-19)27-15-7-12-23(27)28/h2-3,6,8-11,16,22H,4-5,7,12-15,17H2,1H3,(H,25,29). The molecule has 0 aliphatic carbocycles. The Kier molecular flexibility index (Phi) is 5.95. The number of benzene rings is 2. The minimum Gasteiger partial charge on any atom is -0.350 e. The minimum absolute atomic E-state index is 0.0868. The van der Waals surface area contributed by atoms with Crippen molar-refractivity contribution in [3.05, 3.63) is 65.2 Å². The van der Waals surface area contributed by atoms with Crippen molar-refractivity contribution in [1.29, 1.82) is 0 Å². The van der Waals surface area contributed by atoms with Crippen molar-refractivity contribution in [1.82, 2.24) is 10.2 Å². The molecule has 2 fully saturated rings. The van der Waals surface area contributed by atoms with Crippen LogP contribution in [0.4, 0.5) is 5.69 Å². The van der Waals surface area contributed by atoms with Gasteiger partial charge >= 0.3 is 0 Å². The van der Waals surface area contributed by atoms with E-state index in [4.69, 9.17) is 0 Å². The highest BCUT2D eigenvalue weighted by Gasteiger charge is 2.26. The Balaban J connectivity index is 1.48. The Morgan fingerprint density at radius 1 is 1.03 bits per heavy atom. The van der Waals surface area contributed by atoms with E-state index in [0.29, 0.717) is 18.5 Å². The number of anilines is 1. The Hall–Kier alpha value is -2.66. The van der Waals surface area contributed by atoms with E-state index < -0.39 is 0 Å². The normalized spacial score (nSPS) is 18.2. The maximum atomic E-state index is 12.9. The molecule has 29 heavy (non-hydrogen) atoms. The SMILES string of the molecule is Cc1ccccc1C(CNC(=O)c1cccc(N2CCCC2=O)c1)N1CCCC1. The highest BCUT2D eigenvalue weighted by molar-refractivity contribution is 5.99. The van der Waals surface area contributed by atoms with Crippen LogP contribution in [0.5, 0.6) is 0 Å². The van der Waals surface area contributed by atoms with Gasteiger partial charge in [0.1, 0.15) is 0 Å². The fraction of sp³-hybridized carbons (Fsp3) is 0.417. The summed E-state index contributed by atoms with van der Waals surface area (Å²) in [6, 6.07) is 16.0. The first kappa shape index (κ1) is 19.6. The molecule has 2 saturated heterocycles. The molecule has 1 unspecified atom stereocenters. The van der Waals surface area contributed by atoms with E-state index in [1.807, 2.05) is 24.3 Å². The second-order valence-corrected chi connectivity index (χ2v) is 8.02. The van der Waals surface area contributed by atoms with Gasteiger partial charge in [-0.05, 0) is 68.6 Å². The number of aryl methyl sites for hydroxylation is 1. The molecule has 1 N–H and O–H groups in total. The van der Waals surface area contributed by atoms with Crippen LogP contribution in [0.15, 0.2) is 48.5 Å². The van der Waals surface area contributed by atoms with Crippen molar-refractivity contribution in [3.63, 3.8) is 0 Å². The van der Waals surface area contributed by atoms with Gasteiger partial charge < -0.3 is 10.2 Å². The summed E-state index contributed by atoms with van der Waals surface area (Å²) in [4.78, 5) is 29.2. The molecule has 5 heteroatoms. The van der Waals surface area contributed by atoms with E-state index in [-0.39, 0.29) is 17.9 Å². The number of hydrogen-bond acceptors (Lipinski definition) is 3. The highest BCUT2D eigenvalue weighted by atomic mass is 16.2. The van der Waals surface area contributed by atoms with E-state index in [9.17, 15) is 9.59 Å². The van der Waals surface area contributed by atoms with Crippen LogP contribution in [-0.2, 0) is 4.79 Å². The summed E-state index contributed by atoms with van der Waals surface area (Å²) in [7, 11) is 0. The molecule has 152 valence electrons. The van der Waals surface area contributed by atoms with Crippen LogP contribution in [-0.4, -0.2) is 42.9 Å². The average molecular weight is 392 g/mol. The zero-order chi connectivity index (χ0) is 20.2. The number of hydrogen-bond donors (Lipinski definition) is 1. The predicted octanol–water partition coefficient (Wildman–Crippen LogP) is 3.69. The van der Waals surface area contributed by atoms with Crippen LogP contribution < -0.4 is 10.2 Å². The summed E-state index contributed by atoms with van der Waals surface area (Å²) in [6.07, 6.45) is 3.89. The first-order valence-corrected chi connectivity index (χ1v) is 10.6. The minimum atomic E-state index is -0.0868. The molecule has 2 aliphatic heterocycles. The van der Waals surface area contributed by atoms with E-state index >= 15 is 0 Å². The molecule has 0 spiro atoms. The molecule has 2 aliphatic rings. The Morgan fingerprint density at radius 2 is 1.83 bits per heavy atom. The third-order valence-corrected chi connectivity index (χ3v) is 6.08. The quantitative estimate of drug-likeness (QED) is 0.817. The smallest absolute Gasteiger partial charge is 0.251 e. The molecule has 0 aromatic heterocycles. The maximum Gasteiger partial charge on any atom is 0.251 e. The number of nitrogens with zero attached hydrogens (tertiary/aromatic N) is 2. The fourth-order valence-electron chi connectivity index (χ4n) is 4.48. The largest absolute Gasteiger partial charge is 0.350 e. The number of likely N-dealkylation sites (tertiary alicyclic amines) is 1. The lowest BCUT2D eigenvalue weighted by Gasteiger charge is -2.29. The zero-order valence-electron chi connectivity index (χ0n) is 17.1. The van der Waals surface area contributed by atoms with Gasteiger partial charge in [0.05, 0.1) is 6.04 Å². The molecule has 0 radical (unpaired) electrons. The van der Waals surface area contributed by atoms with Gasteiger partial charge in [-0.2, -0.15) is 0 Å². The van der Waals surface area contributed by atoms with Gasteiger partial charge in [-0.1, -0.05) is 30.3 Å². The fourth-order valence-corrected chi connectivity index (χ4v) is 4.48. The molecule has 2 heterocycles. The molecule has 2 aromatic carbocycles. The number of nitrogens with one attached hydrogen (secondary N) is 1. The third kappa shape index (κ3) is 4.35. The van der Waals surface area contributed by atoms with E-state index in [0.717, 1.165) is 31.7 Å². The van der Waals surface area contributed by atoms with Gasteiger partial charge in [-0.3, -0.25) is 14.5 Å². The van der Waals surface area contributed by atoms with E-state index in [1.54, 1.807) is 4.90 Å². The predicted molar refractivity (Wildman–Crippen MR) is 115 cm³/mol. The first-order valence-electron chi connectivity index (χ1n) is 10.6. The lowest BCUT2D eigenvalue weighted by molar-refractivity contribution is -0.117. The molecule has 1 atom stereocenters. The summed E-state index contributed by atoms with van der Waals surface area (Å²) in [5.74, 6) is 0.0486. The molecule has 4 rings (SSSR count). The van der Waals surface area contributed by atoms with Gasteiger partial charge in [0.25, 0.3) is 5.91 Å². The molecule has 2 aromatic rings. The number of carbonyl (C=O) groups is 2. The third-order valence-electron chi connectivity index (χ3n) is 6.08. The molecule has 0 saturated carbocycles. The van der Waals surface area contributed by atoms with Crippen molar-refractivity contribution in [2.45, 2.75) is 38.6 Å². The van der Waals surface area contributed by atoms with E-state index in [1.165, 1.54) is 24.0 Å². The van der Waals surface area contributed by atoms with Crippen LogP contribution >= 0.6 is 0 Å². The number of carbonyl (C=O) groups excluding carboxylic acids is 2. The summed E-state index contributed by atoms with van der Waals surface area (Å²) in [5.41, 5.74) is 3.96. The molecule has 0 bridgehead atoms. The summed E-state index contributed by atoms with van der Waals surface area (Å²) in [5, 5.41) is 3.15. The second-order valence-electron chi connectivity index (χ2n) is 8.02. The average Bonchev–Trinajstić information content (AvgIpc) is 3.41. The Morgan fingerprint density at radius 3 is 2.55 bits per heavy atom. The van der Waals surface area contributed by atoms with Crippen LogP contribution in [0.2, 0.25) is 0 Å². The lowest BCUT2D eigenvalue weighted by Crippen LogP contribution is -2.37. The van der Waals surface area contributed by atoms with Crippen molar-refractivity contribution in [2.24, 2.45) is 0 Å². The van der Waals surface area contributed by atoms with Crippen molar-refractivity contribution in [3.8, 4) is 0 Å². The van der Waals surface area contributed by atoms with Gasteiger partial charge in [0.2, 0.25) is 5.91 Å². The van der Waals surface area contributed by atoms with Crippen LogP contribution in [0.3, 0.4) is 0 Å². The summed E-state index contributed by atoms with van der Waals surface area (Å²) in [6.45, 7) is 5.59. The van der Waals surface area contributed by atoms with Crippen molar-refractivity contribution >= 4 is 17.5 Å². The number of amides is 2. The maximum absolute atomic E-state index is 12.9. The summed E-state index contributed by atoms with van der Waals surface area (Å²) < 4.78 is 0. The monoisotopic (exact) mass is 391 g/mol. The zero-order valence-corrected chi connectivity index (χ0v) is 17.1. The molecular formula is C24H29N3O2. The van der Waals surface area contributed by atoms with Gasteiger partial charge in [-0.25, -0.2) is 0 Å².